The molecule has 15 heavy (non-hydrogen) atoms. The molecule has 0 aliphatic carbocycles. The van der Waals surface area contributed by atoms with E-state index in [4.69, 9.17) is 14.2 Å². The van der Waals surface area contributed by atoms with Gasteiger partial charge in [-0.1, -0.05) is 18.2 Å². The van der Waals surface area contributed by atoms with Crippen LogP contribution >= 0.6 is 0 Å². The lowest BCUT2D eigenvalue weighted by molar-refractivity contribution is -0.163. The number of hydrogen-bond donors (Lipinski definition) is 0. The third-order valence-corrected chi connectivity index (χ3v) is 2.97. The third kappa shape index (κ3) is 0.969. The first-order valence-corrected chi connectivity index (χ1v) is 4.77. The highest BCUT2D eigenvalue weighted by atomic mass is 16.7. The topological polar surface area (TPSA) is 44.8 Å². The van der Waals surface area contributed by atoms with E-state index in [-0.39, 0.29) is 12.4 Å². The lowest BCUT2D eigenvalue weighted by atomic mass is 9.93. The highest BCUT2D eigenvalue weighted by molar-refractivity contribution is 5.75. The molecule has 4 heteroatoms. The molecule has 0 amide bonds. The molecular weight excluding hydrogens is 196 g/mol. The van der Waals surface area contributed by atoms with Crippen LogP contribution in [-0.4, -0.2) is 19.4 Å². The standard InChI is InChI=1S/C11H10O4/c1-13-11-6-9(12)15-10(11)14-8-5-3-2-4-7(8)11/h2-5,10H,6H2,1H3. The Hall–Kier alpha value is -1.55. The predicted molar refractivity (Wildman–Crippen MR) is 50.3 cm³/mol. The van der Waals surface area contributed by atoms with Crippen molar-refractivity contribution in [3.63, 3.8) is 0 Å². The summed E-state index contributed by atoms with van der Waals surface area (Å²) >= 11 is 0. The van der Waals surface area contributed by atoms with E-state index in [9.17, 15) is 4.79 Å². The van der Waals surface area contributed by atoms with Crippen LogP contribution in [0.3, 0.4) is 0 Å². The summed E-state index contributed by atoms with van der Waals surface area (Å²) in [7, 11) is 1.57. The molecule has 2 aliphatic rings. The minimum Gasteiger partial charge on any atom is -0.451 e. The number of benzene rings is 1. The molecule has 1 fully saturated rings. The summed E-state index contributed by atoms with van der Waals surface area (Å²) in [4.78, 5) is 11.2. The van der Waals surface area contributed by atoms with Crippen molar-refractivity contribution < 1.29 is 19.0 Å². The Morgan fingerprint density at radius 1 is 1.40 bits per heavy atom. The highest BCUT2D eigenvalue weighted by Crippen LogP contribution is 2.49. The van der Waals surface area contributed by atoms with Gasteiger partial charge in [0.15, 0.2) is 5.60 Å². The number of ether oxygens (including phenoxy) is 3. The molecule has 78 valence electrons. The van der Waals surface area contributed by atoms with E-state index in [0.717, 1.165) is 11.3 Å². The molecule has 0 spiro atoms. The monoisotopic (exact) mass is 206 g/mol. The van der Waals surface area contributed by atoms with Crippen LogP contribution in [0.1, 0.15) is 12.0 Å². The van der Waals surface area contributed by atoms with Gasteiger partial charge in [-0.15, -0.1) is 0 Å². The molecule has 2 aliphatic heterocycles. The molecule has 0 saturated carbocycles. The van der Waals surface area contributed by atoms with Crippen LogP contribution in [0, 0.1) is 0 Å². The summed E-state index contributed by atoms with van der Waals surface area (Å²) in [6.07, 6.45) is -0.419. The zero-order chi connectivity index (χ0) is 10.5. The molecule has 1 saturated heterocycles. The van der Waals surface area contributed by atoms with Gasteiger partial charge in [0.1, 0.15) is 5.75 Å². The van der Waals surface area contributed by atoms with E-state index in [1.165, 1.54) is 0 Å². The van der Waals surface area contributed by atoms with E-state index >= 15 is 0 Å². The SMILES string of the molecule is COC12CC(=O)OC1Oc1ccccc12. The summed E-state index contributed by atoms with van der Waals surface area (Å²) < 4.78 is 16.1. The minimum atomic E-state index is -0.742. The normalized spacial score (nSPS) is 31.8. The van der Waals surface area contributed by atoms with Crippen molar-refractivity contribution in [2.45, 2.75) is 18.3 Å². The van der Waals surface area contributed by atoms with Crippen LogP contribution < -0.4 is 4.74 Å². The molecular formula is C11H10O4. The smallest absolute Gasteiger partial charge is 0.312 e. The van der Waals surface area contributed by atoms with Gasteiger partial charge in [0.05, 0.1) is 6.42 Å². The van der Waals surface area contributed by atoms with Gasteiger partial charge in [-0.2, -0.15) is 0 Å². The average Bonchev–Trinajstić information content (AvgIpc) is 2.69. The Morgan fingerprint density at radius 3 is 3.00 bits per heavy atom. The van der Waals surface area contributed by atoms with Crippen molar-refractivity contribution >= 4 is 5.97 Å². The van der Waals surface area contributed by atoms with Gasteiger partial charge in [-0.05, 0) is 6.07 Å². The first kappa shape index (κ1) is 8.73. The number of carbonyl (C=O) groups excluding carboxylic acids is 1. The van der Waals surface area contributed by atoms with E-state index in [1.54, 1.807) is 7.11 Å². The fourth-order valence-corrected chi connectivity index (χ4v) is 2.21. The summed E-state index contributed by atoms with van der Waals surface area (Å²) in [6.45, 7) is 0. The summed E-state index contributed by atoms with van der Waals surface area (Å²) in [6, 6.07) is 7.53. The average molecular weight is 206 g/mol. The van der Waals surface area contributed by atoms with Crippen molar-refractivity contribution in [2.24, 2.45) is 0 Å². The molecule has 0 radical (unpaired) electrons. The maximum atomic E-state index is 11.2. The van der Waals surface area contributed by atoms with Crippen LogP contribution in [-0.2, 0) is 19.9 Å². The summed E-state index contributed by atoms with van der Waals surface area (Å²) in [5.74, 6) is 0.452. The van der Waals surface area contributed by atoms with E-state index in [0.29, 0.717) is 0 Å². The zero-order valence-corrected chi connectivity index (χ0v) is 8.23. The van der Waals surface area contributed by atoms with Crippen molar-refractivity contribution in [2.75, 3.05) is 7.11 Å². The maximum absolute atomic E-state index is 11.2. The quantitative estimate of drug-likeness (QED) is 0.647. The highest BCUT2D eigenvalue weighted by Gasteiger charge is 2.58. The second-order valence-electron chi connectivity index (χ2n) is 3.71. The molecule has 2 unspecified atom stereocenters. The molecule has 4 nitrogen and oxygen atoms in total. The van der Waals surface area contributed by atoms with E-state index in [2.05, 4.69) is 0 Å². The van der Waals surface area contributed by atoms with Crippen LogP contribution in [0.4, 0.5) is 0 Å². The minimum absolute atomic E-state index is 0.213. The van der Waals surface area contributed by atoms with E-state index in [1.807, 2.05) is 24.3 Å². The Morgan fingerprint density at radius 2 is 2.20 bits per heavy atom. The fourth-order valence-electron chi connectivity index (χ4n) is 2.21. The Labute approximate surface area is 86.7 Å². The van der Waals surface area contributed by atoms with Gasteiger partial charge in [-0.25, -0.2) is 0 Å². The predicted octanol–water partition coefficient (Wildman–Crippen LogP) is 1.19. The maximum Gasteiger partial charge on any atom is 0.312 e. The van der Waals surface area contributed by atoms with Gasteiger partial charge in [0.25, 0.3) is 6.29 Å². The van der Waals surface area contributed by atoms with Gasteiger partial charge < -0.3 is 14.2 Å². The van der Waals surface area contributed by atoms with Crippen LogP contribution in [0.5, 0.6) is 5.75 Å². The molecule has 2 atom stereocenters. The number of esters is 1. The lowest BCUT2D eigenvalue weighted by Crippen LogP contribution is -2.35. The molecule has 0 bridgehead atoms. The second-order valence-corrected chi connectivity index (χ2v) is 3.71. The van der Waals surface area contributed by atoms with Crippen molar-refractivity contribution in [3.05, 3.63) is 29.8 Å². The molecule has 0 aromatic heterocycles. The van der Waals surface area contributed by atoms with Crippen molar-refractivity contribution in [3.8, 4) is 5.75 Å². The molecule has 3 rings (SSSR count). The van der Waals surface area contributed by atoms with Crippen molar-refractivity contribution in [1.82, 2.24) is 0 Å². The number of para-hydroxylation sites is 1. The Balaban J connectivity index is 2.16. The third-order valence-electron chi connectivity index (χ3n) is 2.97. The van der Waals surface area contributed by atoms with Gasteiger partial charge in [0, 0.05) is 12.7 Å². The first-order chi connectivity index (χ1) is 7.26. The molecule has 2 heterocycles. The van der Waals surface area contributed by atoms with Crippen LogP contribution in [0.15, 0.2) is 24.3 Å². The zero-order valence-electron chi connectivity index (χ0n) is 8.23. The lowest BCUT2D eigenvalue weighted by Gasteiger charge is -2.22. The van der Waals surface area contributed by atoms with Crippen LogP contribution in [0.25, 0.3) is 0 Å². The number of carbonyl (C=O) groups is 1. The van der Waals surface area contributed by atoms with Gasteiger partial charge in [0.2, 0.25) is 0 Å². The molecule has 1 aromatic rings. The molecule has 0 N–H and O–H groups in total. The second kappa shape index (κ2) is 2.73. The van der Waals surface area contributed by atoms with Gasteiger partial charge >= 0.3 is 5.97 Å². The van der Waals surface area contributed by atoms with Crippen LogP contribution in [0.2, 0.25) is 0 Å². The fraction of sp³-hybridized carbons (Fsp3) is 0.364. The number of rotatable bonds is 1. The Kier molecular flexibility index (Phi) is 1.59. The van der Waals surface area contributed by atoms with Crippen molar-refractivity contribution in [1.29, 1.82) is 0 Å². The summed E-state index contributed by atoms with van der Waals surface area (Å²) in [5.41, 5.74) is 0.150. The Bertz CT molecular complexity index is 428. The van der Waals surface area contributed by atoms with E-state index < -0.39 is 11.9 Å². The number of fused-ring (bicyclic) bond motifs is 3. The number of hydrogen-bond acceptors (Lipinski definition) is 4. The largest absolute Gasteiger partial charge is 0.451 e. The summed E-state index contributed by atoms with van der Waals surface area (Å²) in [5, 5.41) is 0. The number of methoxy groups -OCH3 is 1. The first-order valence-electron chi connectivity index (χ1n) is 4.77. The molecule has 1 aromatic carbocycles. The van der Waals surface area contributed by atoms with Gasteiger partial charge in [-0.3, -0.25) is 4.79 Å².